The number of imidazole rings is 1. The van der Waals surface area contributed by atoms with Gasteiger partial charge in [0, 0.05) is 6.20 Å². The van der Waals surface area contributed by atoms with Crippen LogP contribution in [-0.2, 0) is 12.4 Å². The van der Waals surface area contributed by atoms with Crippen LogP contribution < -0.4 is 11.4 Å². The van der Waals surface area contributed by atoms with Crippen LogP contribution in [0.4, 0.5) is 5.82 Å². The molecule has 3 aromatic rings. The highest BCUT2D eigenvalue weighted by atomic mass is 35.5. The lowest BCUT2D eigenvalue weighted by Gasteiger charge is -2.04. The number of H-pyrrole nitrogens is 1. The summed E-state index contributed by atoms with van der Waals surface area (Å²) in [6.45, 7) is 1.96. The predicted molar refractivity (Wildman–Crippen MR) is 78.0 cm³/mol. The van der Waals surface area contributed by atoms with Gasteiger partial charge < -0.3 is 10.7 Å². The largest absolute Gasteiger partial charge is 0.382 e. The Hall–Kier alpha value is -2.48. The van der Waals surface area contributed by atoms with Gasteiger partial charge in [0.15, 0.2) is 11.5 Å². The van der Waals surface area contributed by atoms with Gasteiger partial charge in [-0.1, -0.05) is 0 Å². The number of aryl methyl sites for hydroxylation is 1. The van der Waals surface area contributed by atoms with E-state index in [9.17, 15) is 4.79 Å². The molecule has 0 aromatic carbocycles. The van der Waals surface area contributed by atoms with E-state index in [1.165, 1.54) is 4.57 Å². The number of fused-ring (bicyclic) bond motifs is 1. The number of nitrogens with one attached hydrogen (secondary N) is 1. The van der Waals surface area contributed by atoms with E-state index in [1.54, 1.807) is 19.3 Å². The van der Waals surface area contributed by atoms with Crippen LogP contribution in [0.1, 0.15) is 17.2 Å². The van der Waals surface area contributed by atoms with Gasteiger partial charge in [-0.2, -0.15) is 0 Å². The average molecular weight is 306 g/mol. The molecule has 0 saturated heterocycles. The summed E-state index contributed by atoms with van der Waals surface area (Å²) < 4.78 is 1.45. The van der Waals surface area contributed by atoms with Crippen LogP contribution >= 0.6 is 11.6 Å². The van der Waals surface area contributed by atoms with E-state index >= 15 is 0 Å². The molecule has 3 aromatic heterocycles. The van der Waals surface area contributed by atoms with Gasteiger partial charge in [-0.15, -0.1) is 11.6 Å². The Morgan fingerprint density at radius 3 is 2.67 bits per heavy atom. The van der Waals surface area contributed by atoms with Crippen molar-refractivity contribution in [2.75, 3.05) is 5.73 Å². The molecule has 0 fully saturated rings. The van der Waals surface area contributed by atoms with Gasteiger partial charge in [0.2, 0.25) is 0 Å². The molecule has 0 unspecified atom stereocenters. The standard InChI is InChI=1S/C12H12ClN7O/c1-6-17-10(14)9-11(18-6)20(12(21)19-9)5-8-4-15-7(2-13)3-16-8/h3-4H,2,5H2,1H3,(H,19,21)(H2,14,17,18). The van der Waals surface area contributed by atoms with Crippen molar-refractivity contribution in [2.45, 2.75) is 19.3 Å². The summed E-state index contributed by atoms with van der Waals surface area (Å²) in [6, 6.07) is 0. The molecule has 0 bridgehead atoms. The normalized spacial score (nSPS) is 11.1. The van der Waals surface area contributed by atoms with Crippen molar-refractivity contribution in [3.8, 4) is 0 Å². The summed E-state index contributed by atoms with van der Waals surface area (Å²) in [7, 11) is 0. The molecule has 21 heavy (non-hydrogen) atoms. The number of halogens is 1. The van der Waals surface area contributed by atoms with Crippen LogP contribution in [0.5, 0.6) is 0 Å². The molecular formula is C12H12ClN7O. The number of aromatic amines is 1. The minimum Gasteiger partial charge on any atom is -0.382 e. The lowest BCUT2D eigenvalue weighted by atomic mass is 10.4. The molecule has 0 aliphatic heterocycles. The minimum atomic E-state index is -0.320. The number of hydrogen-bond donors (Lipinski definition) is 2. The fourth-order valence-electron chi connectivity index (χ4n) is 2.01. The number of rotatable bonds is 3. The molecule has 0 aliphatic carbocycles. The highest BCUT2D eigenvalue weighted by molar-refractivity contribution is 6.16. The Morgan fingerprint density at radius 2 is 2.00 bits per heavy atom. The fourth-order valence-corrected chi connectivity index (χ4v) is 2.14. The Morgan fingerprint density at radius 1 is 1.29 bits per heavy atom. The van der Waals surface area contributed by atoms with Crippen LogP contribution in [0.3, 0.4) is 0 Å². The van der Waals surface area contributed by atoms with Crippen LogP contribution in [-0.4, -0.2) is 29.5 Å². The van der Waals surface area contributed by atoms with Gasteiger partial charge >= 0.3 is 5.69 Å². The Bertz CT molecular complexity index is 852. The van der Waals surface area contributed by atoms with Crippen LogP contribution in [0.15, 0.2) is 17.2 Å². The molecule has 0 amide bonds. The fraction of sp³-hybridized carbons (Fsp3) is 0.250. The van der Waals surface area contributed by atoms with E-state index in [0.29, 0.717) is 34.3 Å². The zero-order valence-electron chi connectivity index (χ0n) is 11.2. The average Bonchev–Trinajstić information content (AvgIpc) is 2.77. The summed E-state index contributed by atoms with van der Waals surface area (Å²) in [5, 5.41) is 0. The van der Waals surface area contributed by atoms with Crippen molar-refractivity contribution in [2.24, 2.45) is 0 Å². The number of aromatic nitrogens is 6. The lowest BCUT2D eigenvalue weighted by Crippen LogP contribution is -2.18. The second kappa shape index (κ2) is 5.13. The molecule has 0 spiro atoms. The predicted octanol–water partition coefficient (Wildman–Crippen LogP) is 0.587. The molecule has 9 heteroatoms. The topological polar surface area (TPSA) is 115 Å². The molecule has 0 aliphatic rings. The number of hydrogen-bond acceptors (Lipinski definition) is 6. The molecule has 3 N–H and O–H groups in total. The number of nitrogens with two attached hydrogens (primary N) is 1. The first-order chi connectivity index (χ1) is 10.1. The third kappa shape index (κ3) is 2.45. The van der Waals surface area contributed by atoms with E-state index < -0.39 is 0 Å². The zero-order valence-corrected chi connectivity index (χ0v) is 11.9. The molecule has 108 valence electrons. The first-order valence-electron chi connectivity index (χ1n) is 6.17. The highest BCUT2D eigenvalue weighted by Crippen LogP contribution is 2.14. The van der Waals surface area contributed by atoms with Gasteiger partial charge in [0.05, 0.1) is 30.0 Å². The number of anilines is 1. The molecular weight excluding hydrogens is 294 g/mol. The molecule has 8 nitrogen and oxygen atoms in total. The van der Waals surface area contributed by atoms with Crippen LogP contribution in [0, 0.1) is 6.92 Å². The highest BCUT2D eigenvalue weighted by Gasteiger charge is 2.13. The molecule has 3 heterocycles. The van der Waals surface area contributed by atoms with Crippen molar-refractivity contribution in [3.63, 3.8) is 0 Å². The van der Waals surface area contributed by atoms with Crippen molar-refractivity contribution in [1.82, 2.24) is 29.5 Å². The van der Waals surface area contributed by atoms with Crippen molar-refractivity contribution in [3.05, 3.63) is 40.1 Å². The van der Waals surface area contributed by atoms with E-state index in [4.69, 9.17) is 17.3 Å². The number of nitrogens with zero attached hydrogens (tertiary/aromatic N) is 5. The Balaban J connectivity index is 2.07. The maximum atomic E-state index is 12.0. The van der Waals surface area contributed by atoms with Gasteiger partial charge in [0.1, 0.15) is 11.3 Å². The van der Waals surface area contributed by atoms with E-state index in [2.05, 4.69) is 24.9 Å². The zero-order chi connectivity index (χ0) is 15.0. The van der Waals surface area contributed by atoms with Gasteiger partial charge in [-0.3, -0.25) is 14.5 Å². The van der Waals surface area contributed by atoms with E-state index in [-0.39, 0.29) is 18.1 Å². The van der Waals surface area contributed by atoms with Crippen LogP contribution in [0.2, 0.25) is 0 Å². The number of nitrogen functional groups attached to an aromatic ring is 1. The summed E-state index contributed by atoms with van der Waals surface area (Å²) >= 11 is 5.67. The van der Waals surface area contributed by atoms with E-state index in [1.807, 2.05) is 0 Å². The summed E-state index contributed by atoms with van der Waals surface area (Å²) in [6.07, 6.45) is 3.16. The first-order valence-corrected chi connectivity index (χ1v) is 6.70. The molecule has 0 atom stereocenters. The maximum absolute atomic E-state index is 12.0. The Labute approximate surface area is 124 Å². The second-order valence-corrected chi connectivity index (χ2v) is 4.77. The Kier molecular flexibility index (Phi) is 3.30. The molecule has 0 radical (unpaired) electrons. The summed E-state index contributed by atoms with van der Waals surface area (Å²) in [4.78, 5) is 31.3. The van der Waals surface area contributed by atoms with Crippen molar-refractivity contribution >= 4 is 28.6 Å². The van der Waals surface area contributed by atoms with Crippen molar-refractivity contribution < 1.29 is 0 Å². The minimum absolute atomic E-state index is 0.240. The quantitative estimate of drug-likeness (QED) is 0.684. The maximum Gasteiger partial charge on any atom is 0.328 e. The smallest absolute Gasteiger partial charge is 0.328 e. The third-order valence-corrected chi connectivity index (χ3v) is 3.25. The third-order valence-electron chi connectivity index (χ3n) is 2.98. The first kappa shape index (κ1) is 13.5. The summed E-state index contributed by atoms with van der Waals surface area (Å²) in [5.41, 5.74) is 7.65. The molecule has 0 saturated carbocycles. The summed E-state index contributed by atoms with van der Waals surface area (Å²) in [5.74, 6) is 1.04. The molecule has 3 rings (SSSR count). The van der Waals surface area contributed by atoms with Gasteiger partial charge in [-0.05, 0) is 6.92 Å². The second-order valence-electron chi connectivity index (χ2n) is 4.50. The lowest BCUT2D eigenvalue weighted by molar-refractivity contribution is 0.747. The monoisotopic (exact) mass is 305 g/mol. The van der Waals surface area contributed by atoms with Crippen molar-refractivity contribution in [1.29, 1.82) is 0 Å². The van der Waals surface area contributed by atoms with E-state index in [0.717, 1.165) is 0 Å². The van der Waals surface area contributed by atoms with Gasteiger partial charge in [0.25, 0.3) is 0 Å². The van der Waals surface area contributed by atoms with Gasteiger partial charge in [-0.25, -0.2) is 14.8 Å². The van der Waals surface area contributed by atoms with Crippen LogP contribution in [0.25, 0.3) is 11.2 Å². The number of alkyl halides is 1. The SMILES string of the molecule is Cc1nc(N)c2[nH]c(=O)n(Cc3cnc(CCl)cn3)c2n1.